The van der Waals surface area contributed by atoms with Crippen LogP contribution in [0.15, 0.2) is 58.1 Å². The molecule has 1 N–H and O–H groups in total. The monoisotopic (exact) mass is 507 g/mol. The van der Waals surface area contributed by atoms with Gasteiger partial charge >= 0.3 is 0 Å². The van der Waals surface area contributed by atoms with Crippen molar-refractivity contribution in [2.75, 3.05) is 37.8 Å². The van der Waals surface area contributed by atoms with Crippen LogP contribution in [0.2, 0.25) is 0 Å². The summed E-state index contributed by atoms with van der Waals surface area (Å²) in [5.41, 5.74) is 3.23. The normalized spacial score (nSPS) is 14.4. The zero-order chi connectivity index (χ0) is 25.1. The molecule has 0 radical (unpaired) electrons. The highest BCUT2D eigenvalue weighted by Gasteiger charge is 2.16. The van der Waals surface area contributed by atoms with E-state index < -0.39 is 9.84 Å². The minimum Gasteiger partial charge on any atom is -0.369 e. The smallest absolute Gasteiger partial charge is 0.278 e. The standard InChI is InChI=1S/C25H29N7O3S/c1-18-15-22(25-28-24(30-35-25)20-6-8-21(9-7-20)36(2,33)34)29-32(18)17-19-5-10-23(27-16-19)26-11-14-31-12-3-4-13-31/h5-10,15-16H,3-4,11-14,17H2,1-2H3,(H,26,27). The summed E-state index contributed by atoms with van der Waals surface area (Å²) in [5, 5.41) is 12.1. The van der Waals surface area contributed by atoms with E-state index in [0.29, 0.717) is 29.5 Å². The zero-order valence-electron chi connectivity index (χ0n) is 20.4. The van der Waals surface area contributed by atoms with Crippen molar-refractivity contribution >= 4 is 15.7 Å². The molecule has 0 amide bonds. The van der Waals surface area contributed by atoms with Crippen LogP contribution in [0.25, 0.3) is 23.0 Å². The van der Waals surface area contributed by atoms with Crippen molar-refractivity contribution in [3.63, 3.8) is 0 Å². The molecule has 5 rings (SSSR count). The summed E-state index contributed by atoms with van der Waals surface area (Å²) in [6.07, 6.45) is 5.64. The Bertz CT molecular complexity index is 1420. The van der Waals surface area contributed by atoms with Crippen LogP contribution >= 0.6 is 0 Å². The van der Waals surface area contributed by atoms with Gasteiger partial charge in [-0.2, -0.15) is 10.1 Å². The first-order chi connectivity index (χ1) is 17.3. The van der Waals surface area contributed by atoms with Gasteiger partial charge in [-0.25, -0.2) is 13.4 Å². The van der Waals surface area contributed by atoms with E-state index in [4.69, 9.17) is 4.52 Å². The van der Waals surface area contributed by atoms with Crippen LogP contribution in [0.1, 0.15) is 24.1 Å². The van der Waals surface area contributed by atoms with Gasteiger partial charge in [0.05, 0.1) is 11.4 Å². The van der Waals surface area contributed by atoms with E-state index >= 15 is 0 Å². The highest BCUT2D eigenvalue weighted by Crippen LogP contribution is 2.23. The minimum atomic E-state index is -3.26. The van der Waals surface area contributed by atoms with Crippen LogP contribution in [0, 0.1) is 6.92 Å². The average Bonchev–Trinajstić information content (AvgIpc) is 3.62. The maximum absolute atomic E-state index is 11.7. The molecule has 0 atom stereocenters. The molecule has 1 saturated heterocycles. The highest BCUT2D eigenvalue weighted by atomic mass is 32.2. The number of aromatic nitrogens is 5. The van der Waals surface area contributed by atoms with Crippen LogP contribution in [-0.2, 0) is 16.4 Å². The maximum Gasteiger partial charge on any atom is 0.278 e. The van der Waals surface area contributed by atoms with Crippen LogP contribution in [0.4, 0.5) is 5.82 Å². The fourth-order valence-corrected chi connectivity index (χ4v) is 4.85. The molecule has 0 saturated carbocycles. The van der Waals surface area contributed by atoms with Crippen molar-refractivity contribution in [1.29, 1.82) is 0 Å². The third-order valence-corrected chi connectivity index (χ3v) is 7.39. The first kappa shape index (κ1) is 24.1. The van der Waals surface area contributed by atoms with Gasteiger partial charge in [0.1, 0.15) is 5.82 Å². The Kier molecular flexibility index (Phi) is 6.84. The predicted octanol–water partition coefficient (Wildman–Crippen LogP) is 3.26. The van der Waals surface area contributed by atoms with Crippen LogP contribution in [0.5, 0.6) is 0 Å². The molecule has 4 aromatic rings. The lowest BCUT2D eigenvalue weighted by Gasteiger charge is -2.15. The fraction of sp³-hybridized carbons (Fsp3) is 0.360. The van der Waals surface area contributed by atoms with Crippen molar-refractivity contribution < 1.29 is 12.9 Å². The second kappa shape index (κ2) is 10.2. The van der Waals surface area contributed by atoms with Gasteiger partial charge in [-0.05, 0) is 74.8 Å². The summed E-state index contributed by atoms with van der Waals surface area (Å²) in [4.78, 5) is 11.7. The molecule has 4 heterocycles. The van der Waals surface area contributed by atoms with Gasteiger partial charge in [0, 0.05) is 36.8 Å². The van der Waals surface area contributed by atoms with Gasteiger partial charge < -0.3 is 14.7 Å². The summed E-state index contributed by atoms with van der Waals surface area (Å²) in [7, 11) is -3.26. The van der Waals surface area contributed by atoms with Gasteiger partial charge in [-0.3, -0.25) is 4.68 Å². The zero-order valence-corrected chi connectivity index (χ0v) is 21.2. The molecule has 1 aromatic carbocycles. The number of benzene rings is 1. The summed E-state index contributed by atoms with van der Waals surface area (Å²) in [6.45, 7) is 6.87. The maximum atomic E-state index is 11.7. The van der Waals surface area contributed by atoms with Crippen LogP contribution < -0.4 is 5.32 Å². The average molecular weight is 508 g/mol. The molecule has 11 heteroatoms. The van der Waals surface area contributed by atoms with Gasteiger partial charge in [-0.15, -0.1) is 0 Å². The molecule has 188 valence electrons. The predicted molar refractivity (Wildman–Crippen MR) is 136 cm³/mol. The van der Waals surface area contributed by atoms with Crippen LogP contribution in [0.3, 0.4) is 0 Å². The SMILES string of the molecule is Cc1cc(-c2nc(-c3ccc(S(C)(=O)=O)cc3)no2)nn1Cc1ccc(NCCN2CCCC2)nc1. The van der Waals surface area contributed by atoms with E-state index in [1.807, 2.05) is 29.9 Å². The van der Waals surface area contributed by atoms with Crippen molar-refractivity contribution in [2.24, 2.45) is 0 Å². The number of aryl methyl sites for hydroxylation is 1. The largest absolute Gasteiger partial charge is 0.369 e. The molecule has 3 aromatic heterocycles. The first-order valence-corrected chi connectivity index (χ1v) is 13.8. The van der Waals surface area contributed by atoms with E-state index in [9.17, 15) is 8.42 Å². The summed E-state index contributed by atoms with van der Waals surface area (Å²) in [6, 6.07) is 12.3. The number of nitrogens with zero attached hydrogens (tertiary/aromatic N) is 6. The van der Waals surface area contributed by atoms with Crippen LogP contribution in [-0.4, -0.2) is 70.7 Å². The lowest BCUT2D eigenvalue weighted by Crippen LogP contribution is -2.26. The molecule has 0 unspecified atom stereocenters. The molecular weight excluding hydrogens is 478 g/mol. The Hall–Kier alpha value is -3.57. The summed E-state index contributed by atoms with van der Waals surface area (Å²) < 4.78 is 30.6. The lowest BCUT2D eigenvalue weighted by molar-refractivity contribution is 0.352. The molecular formula is C25H29N7O3S. The number of rotatable bonds is 9. The Balaban J connectivity index is 1.22. The van der Waals surface area contributed by atoms with Gasteiger partial charge in [0.15, 0.2) is 15.5 Å². The Morgan fingerprint density at radius 2 is 1.86 bits per heavy atom. The third-order valence-electron chi connectivity index (χ3n) is 6.26. The number of hydrogen-bond acceptors (Lipinski definition) is 9. The number of anilines is 1. The lowest BCUT2D eigenvalue weighted by atomic mass is 10.2. The van der Waals surface area contributed by atoms with E-state index in [-0.39, 0.29) is 4.90 Å². The third kappa shape index (κ3) is 5.63. The fourth-order valence-electron chi connectivity index (χ4n) is 4.21. The van der Waals surface area contributed by atoms with E-state index in [1.54, 1.807) is 12.1 Å². The number of likely N-dealkylation sites (tertiary alicyclic amines) is 1. The van der Waals surface area contributed by atoms with Crippen molar-refractivity contribution in [3.8, 4) is 23.0 Å². The molecule has 0 aliphatic carbocycles. The van der Waals surface area contributed by atoms with E-state index in [2.05, 4.69) is 36.5 Å². The van der Waals surface area contributed by atoms with E-state index in [1.165, 1.54) is 44.3 Å². The second-order valence-electron chi connectivity index (χ2n) is 9.08. The Labute approximate surface area is 210 Å². The number of hydrogen-bond donors (Lipinski definition) is 1. The second-order valence-corrected chi connectivity index (χ2v) is 11.1. The van der Waals surface area contributed by atoms with E-state index in [0.717, 1.165) is 30.2 Å². The molecule has 0 bridgehead atoms. The Morgan fingerprint density at radius 1 is 1.08 bits per heavy atom. The molecule has 10 nitrogen and oxygen atoms in total. The van der Waals surface area contributed by atoms with Gasteiger partial charge in [0.25, 0.3) is 5.89 Å². The Morgan fingerprint density at radius 3 is 2.56 bits per heavy atom. The first-order valence-electron chi connectivity index (χ1n) is 12.0. The van der Waals surface area contributed by atoms with Gasteiger partial charge in [-0.1, -0.05) is 11.2 Å². The molecule has 1 fully saturated rings. The minimum absolute atomic E-state index is 0.240. The van der Waals surface area contributed by atoms with Crippen molar-refractivity contribution in [1.82, 2.24) is 29.8 Å². The molecule has 0 spiro atoms. The molecule has 1 aliphatic rings. The highest BCUT2D eigenvalue weighted by molar-refractivity contribution is 7.90. The molecule has 36 heavy (non-hydrogen) atoms. The topological polar surface area (TPSA) is 119 Å². The number of nitrogens with one attached hydrogen (secondary N) is 1. The van der Waals surface area contributed by atoms with Gasteiger partial charge in [0.2, 0.25) is 5.82 Å². The summed E-state index contributed by atoms with van der Waals surface area (Å²) >= 11 is 0. The number of pyridine rings is 1. The molecule has 1 aliphatic heterocycles. The number of sulfone groups is 1. The quantitative estimate of drug-likeness (QED) is 0.364. The van der Waals surface area contributed by atoms with Crippen molar-refractivity contribution in [3.05, 3.63) is 59.9 Å². The van der Waals surface area contributed by atoms with Crippen molar-refractivity contribution in [2.45, 2.75) is 31.2 Å². The summed E-state index contributed by atoms with van der Waals surface area (Å²) in [5.74, 6) is 1.54.